The number of benzene rings is 1. The summed E-state index contributed by atoms with van der Waals surface area (Å²) in [5.74, 6) is 1.16. The van der Waals surface area contributed by atoms with Gasteiger partial charge in [-0.3, -0.25) is 0 Å². The smallest absolute Gasteiger partial charge is 0.243 e. The molecule has 0 radical (unpaired) electrons. The normalized spacial score (nSPS) is 16.2. The van der Waals surface area contributed by atoms with Gasteiger partial charge in [-0.15, -0.1) is 24.0 Å². The summed E-state index contributed by atoms with van der Waals surface area (Å²) >= 11 is 0. The molecule has 1 heterocycles. The molecule has 0 saturated carbocycles. The molecule has 0 aromatic heterocycles. The van der Waals surface area contributed by atoms with Crippen molar-refractivity contribution in [2.24, 2.45) is 10.9 Å². The van der Waals surface area contributed by atoms with Crippen LogP contribution in [0.4, 0.5) is 0 Å². The van der Waals surface area contributed by atoms with Crippen molar-refractivity contribution >= 4 is 40.0 Å². The van der Waals surface area contributed by atoms with Crippen LogP contribution in [0.3, 0.4) is 0 Å². The fourth-order valence-corrected chi connectivity index (χ4v) is 5.05. The maximum Gasteiger partial charge on any atom is 0.243 e. The van der Waals surface area contributed by atoms with Crippen molar-refractivity contribution < 1.29 is 13.5 Å². The zero-order valence-corrected chi connectivity index (χ0v) is 21.3. The van der Waals surface area contributed by atoms with Gasteiger partial charge in [-0.05, 0) is 56.2 Å². The Kier molecular flexibility index (Phi) is 12.8. The van der Waals surface area contributed by atoms with Crippen molar-refractivity contribution in [3.05, 3.63) is 29.8 Å². The maximum atomic E-state index is 12.6. The lowest BCUT2D eigenvalue weighted by atomic mass is 10.0. The SMILES string of the molecule is CCCC(CCO)CNC(=NCc1ccc(S(=O)(=O)N2CCCC2)cc1)NCC.I. The topological polar surface area (TPSA) is 94.0 Å². The molecule has 1 saturated heterocycles. The van der Waals surface area contributed by atoms with Gasteiger partial charge < -0.3 is 15.7 Å². The Morgan fingerprint density at radius 3 is 2.37 bits per heavy atom. The van der Waals surface area contributed by atoms with Crippen molar-refractivity contribution in [2.75, 3.05) is 32.8 Å². The number of hydrogen-bond donors (Lipinski definition) is 3. The summed E-state index contributed by atoms with van der Waals surface area (Å²) < 4.78 is 26.8. The van der Waals surface area contributed by atoms with Gasteiger partial charge in [0.15, 0.2) is 5.96 Å². The maximum absolute atomic E-state index is 12.6. The molecule has 9 heteroatoms. The number of aliphatic hydroxyl groups excluding tert-OH is 1. The van der Waals surface area contributed by atoms with E-state index in [1.807, 2.05) is 19.1 Å². The van der Waals surface area contributed by atoms with E-state index >= 15 is 0 Å². The lowest BCUT2D eigenvalue weighted by molar-refractivity contribution is 0.251. The third-order valence-corrected chi connectivity index (χ3v) is 7.10. The van der Waals surface area contributed by atoms with Gasteiger partial charge in [0.2, 0.25) is 10.0 Å². The number of nitrogens with zero attached hydrogens (tertiary/aromatic N) is 2. The molecule has 1 aromatic rings. The number of aliphatic hydroxyl groups is 1. The number of guanidine groups is 1. The Morgan fingerprint density at radius 2 is 1.80 bits per heavy atom. The summed E-state index contributed by atoms with van der Waals surface area (Å²) in [6, 6.07) is 7.03. The standard InChI is InChI=1S/C21H36N4O3S.HI/c1-3-7-18(12-15-26)16-23-21(22-4-2)24-17-19-8-10-20(11-9-19)29(27,28)25-13-5-6-14-25;/h8-11,18,26H,3-7,12-17H2,1-2H3,(H2,22,23,24);1H. The van der Waals surface area contributed by atoms with E-state index in [0.29, 0.717) is 30.4 Å². The molecular formula is C21H37IN4O3S. The van der Waals surface area contributed by atoms with Gasteiger partial charge in [-0.25, -0.2) is 13.4 Å². The molecule has 0 spiro atoms. The summed E-state index contributed by atoms with van der Waals surface area (Å²) in [4.78, 5) is 4.97. The molecule has 1 unspecified atom stereocenters. The molecule has 7 nitrogen and oxygen atoms in total. The van der Waals surface area contributed by atoms with Crippen LogP contribution >= 0.6 is 24.0 Å². The van der Waals surface area contributed by atoms with Crippen LogP contribution in [-0.4, -0.2) is 56.6 Å². The highest BCUT2D eigenvalue weighted by Gasteiger charge is 2.26. The highest BCUT2D eigenvalue weighted by molar-refractivity contribution is 14.0. The van der Waals surface area contributed by atoms with Crippen LogP contribution in [0.2, 0.25) is 0 Å². The summed E-state index contributed by atoms with van der Waals surface area (Å²) in [6.07, 6.45) is 4.81. The number of nitrogens with one attached hydrogen (secondary N) is 2. The fraction of sp³-hybridized carbons (Fsp3) is 0.667. The van der Waals surface area contributed by atoms with Crippen LogP contribution in [0.5, 0.6) is 0 Å². The van der Waals surface area contributed by atoms with Gasteiger partial charge in [-0.2, -0.15) is 4.31 Å². The minimum atomic E-state index is -3.37. The van der Waals surface area contributed by atoms with Gasteiger partial charge in [0.25, 0.3) is 0 Å². The lowest BCUT2D eigenvalue weighted by Crippen LogP contribution is -2.40. The van der Waals surface area contributed by atoms with Crippen LogP contribution in [0.15, 0.2) is 34.2 Å². The molecule has 1 aliphatic heterocycles. The van der Waals surface area contributed by atoms with Crippen LogP contribution in [-0.2, 0) is 16.6 Å². The molecule has 1 aromatic carbocycles. The van der Waals surface area contributed by atoms with Crippen molar-refractivity contribution in [3.8, 4) is 0 Å². The number of sulfonamides is 1. The van der Waals surface area contributed by atoms with E-state index in [-0.39, 0.29) is 30.6 Å². The van der Waals surface area contributed by atoms with Gasteiger partial charge >= 0.3 is 0 Å². The van der Waals surface area contributed by atoms with Gasteiger partial charge in [0, 0.05) is 32.8 Å². The van der Waals surface area contributed by atoms with E-state index < -0.39 is 10.0 Å². The predicted octanol–water partition coefficient (Wildman–Crippen LogP) is 2.94. The Hall–Kier alpha value is -0.910. The van der Waals surface area contributed by atoms with Crippen LogP contribution in [0.25, 0.3) is 0 Å². The molecule has 0 aliphatic carbocycles. The summed E-state index contributed by atoms with van der Waals surface area (Å²) in [7, 11) is -3.37. The van der Waals surface area contributed by atoms with Crippen LogP contribution in [0, 0.1) is 5.92 Å². The summed E-state index contributed by atoms with van der Waals surface area (Å²) in [5, 5.41) is 15.8. The third-order valence-electron chi connectivity index (χ3n) is 5.18. The van der Waals surface area contributed by atoms with E-state index in [2.05, 4.69) is 22.5 Å². The molecule has 1 atom stereocenters. The van der Waals surface area contributed by atoms with Crippen molar-refractivity contribution in [1.29, 1.82) is 0 Å². The van der Waals surface area contributed by atoms with Crippen molar-refractivity contribution in [2.45, 2.75) is 57.4 Å². The molecule has 3 N–H and O–H groups in total. The van der Waals surface area contributed by atoms with Crippen LogP contribution in [0.1, 0.15) is 51.5 Å². The minimum Gasteiger partial charge on any atom is -0.396 e. The minimum absolute atomic E-state index is 0. The first-order valence-electron chi connectivity index (χ1n) is 10.7. The second kappa shape index (κ2) is 14.2. The first-order valence-corrected chi connectivity index (χ1v) is 12.2. The molecule has 0 bridgehead atoms. The van der Waals surface area contributed by atoms with E-state index in [0.717, 1.165) is 56.7 Å². The highest BCUT2D eigenvalue weighted by Crippen LogP contribution is 2.21. The first kappa shape index (κ1) is 27.1. The zero-order valence-electron chi connectivity index (χ0n) is 18.1. The van der Waals surface area contributed by atoms with E-state index in [1.54, 1.807) is 16.4 Å². The second-order valence-corrected chi connectivity index (χ2v) is 9.44. The summed E-state index contributed by atoms with van der Waals surface area (Å²) in [6.45, 7) is 7.60. The van der Waals surface area contributed by atoms with Crippen molar-refractivity contribution in [1.82, 2.24) is 14.9 Å². The molecular weight excluding hydrogens is 515 g/mol. The Labute approximate surface area is 198 Å². The van der Waals surface area contributed by atoms with E-state index in [1.165, 1.54) is 0 Å². The largest absolute Gasteiger partial charge is 0.396 e. The molecule has 30 heavy (non-hydrogen) atoms. The number of halogens is 1. The third kappa shape index (κ3) is 8.32. The van der Waals surface area contributed by atoms with Crippen molar-refractivity contribution in [3.63, 3.8) is 0 Å². The monoisotopic (exact) mass is 552 g/mol. The lowest BCUT2D eigenvalue weighted by Gasteiger charge is -2.18. The summed E-state index contributed by atoms with van der Waals surface area (Å²) in [5.41, 5.74) is 0.961. The quantitative estimate of drug-likeness (QED) is 0.223. The predicted molar refractivity (Wildman–Crippen MR) is 133 cm³/mol. The molecule has 1 fully saturated rings. The van der Waals surface area contributed by atoms with Crippen LogP contribution < -0.4 is 10.6 Å². The number of rotatable bonds is 11. The molecule has 2 rings (SSSR count). The molecule has 172 valence electrons. The zero-order chi connectivity index (χ0) is 21.1. The Balaban J connectivity index is 0.00000450. The first-order chi connectivity index (χ1) is 14.0. The fourth-order valence-electron chi connectivity index (χ4n) is 3.54. The van der Waals surface area contributed by atoms with Gasteiger partial charge in [0.05, 0.1) is 11.4 Å². The Morgan fingerprint density at radius 1 is 1.13 bits per heavy atom. The average Bonchev–Trinajstić information content (AvgIpc) is 3.26. The number of aliphatic imine (C=N–C) groups is 1. The van der Waals surface area contributed by atoms with Gasteiger partial charge in [0.1, 0.15) is 0 Å². The van der Waals surface area contributed by atoms with Gasteiger partial charge in [-0.1, -0.05) is 25.5 Å². The van der Waals surface area contributed by atoms with E-state index in [4.69, 9.17) is 0 Å². The average molecular weight is 553 g/mol. The molecule has 0 amide bonds. The highest BCUT2D eigenvalue weighted by atomic mass is 127. The second-order valence-electron chi connectivity index (χ2n) is 7.50. The molecule has 1 aliphatic rings. The Bertz CT molecular complexity index is 729. The van der Waals surface area contributed by atoms with E-state index in [9.17, 15) is 13.5 Å². The number of hydrogen-bond acceptors (Lipinski definition) is 4.